The lowest BCUT2D eigenvalue weighted by molar-refractivity contribution is 0.110. The molecule has 0 radical (unpaired) electrons. The van der Waals surface area contributed by atoms with Crippen molar-refractivity contribution < 1.29 is 19.1 Å². The van der Waals surface area contributed by atoms with Crippen LogP contribution in [0.4, 0.5) is 0 Å². The number of hydrogen-bond donors (Lipinski definition) is 1. The van der Waals surface area contributed by atoms with E-state index in [1.54, 1.807) is 14.0 Å². The number of aromatic nitrogens is 2. The monoisotopic (exact) mass is 472 g/mol. The minimum Gasteiger partial charge on any atom is -0.493 e. The first kappa shape index (κ1) is 23.4. The van der Waals surface area contributed by atoms with Gasteiger partial charge in [-0.25, -0.2) is 0 Å². The van der Waals surface area contributed by atoms with Crippen molar-refractivity contribution in [1.29, 1.82) is 0 Å². The van der Waals surface area contributed by atoms with Crippen LogP contribution in [0.25, 0.3) is 11.4 Å². The second-order valence-corrected chi connectivity index (χ2v) is 9.67. The zero-order valence-electron chi connectivity index (χ0n) is 20.4. The van der Waals surface area contributed by atoms with Crippen LogP contribution in [0.3, 0.4) is 0 Å². The van der Waals surface area contributed by atoms with Gasteiger partial charge in [0.05, 0.1) is 24.7 Å². The van der Waals surface area contributed by atoms with Gasteiger partial charge < -0.3 is 19.1 Å². The summed E-state index contributed by atoms with van der Waals surface area (Å²) in [6.45, 7) is 1.78. The Morgan fingerprint density at radius 3 is 2.54 bits per heavy atom. The van der Waals surface area contributed by atoms with Gasteiger partial charge in [0.15, 0.2) is 11.5 Å². The molecule has 35 heavy (non-hydrogen) atoms. The smallest absolute Gasteiger partial charge is 0.223 e. The molecule has 1 heterocycles. The summed E-state index contributed by atoms with van der Waals surface area (Å²) >= 11 is 0. The minimum absolute atomic E-state index is 0.242. The molecule has 6 nitrogen and oxygen atoms in total. The quantitative estimate of drug-likeness (QED) is 0.487. The van der Waals surface area contributed by atoms with E-state index in [1.165, 1.54) is 12.8 Å². The van der Waals surface area contributed by atoms with Crippen LogP contribution in [-0.4, -0.2) is 34.6 Å². The molecule has 0 bridgehead atoms. The first-order valence-corrected chi connectivity index (χ1v) is 12.5. The van der Waals surface area contributed by atoms with Crippen molar-refractivity contribution in [3.63, 3.8) is 0 Å². The van der Waals surface area contributed by atoms with E-state index in [-0.39, 0.29) is 17.6 Å². The minimum atomic E-state index is -0.363. The summed E-state index contributed by atoms with van der Waals surface area (Å²) in [5, 5.41) is 14.3. The molecule has 2 aromatic carbocycles. The molecule has 0 spiro atoms. The Morgan fingerprint density at radius 1 is 1.03 bits per heavy atom. The molecule has 0 saturated heterocycles. The Labute approximate surface area is 206 Å². The third-order valence-electron chi connectivity index (χ3n) is 7.22. The maximum atomic E-state index is 10.2. The van der Waals surface area contributed by atoms with E-state index in [2.05, 4.69) is 34.1 Å². The molecule has 2 saturated carbocycles. The number of methoxy groups -OCH3 is 1. The van der Waals surface area contributed by atoms with Crippen LogP contribution in [0.5, 0.6) is 11.5 Å². The molecule has 1 aromatic heterocycles. The van der Waals surface area contributed by atoms with E-state index in [4.69, 9.17) is 14.0 Å². The van der Waals surface area contributed by atoms with Crippen LogP contribution >= 0.6 is 0 Å². The summed E-state index contributed by atoms with van der Waals surface area (Å²) in [6.07, 6.45) is 7.59. The third-order valence-corrected chi connectivity index (χ3v) is 7.22. The van der Waals surface area contributed by atoms with E-state index >= 15 is 0 Å². The molecular weight excluding hydrogens is 440 g/mol. The number of aryl methyl sites for hydroxylation is 1. The highest BCUT2D eigenvalue weighted by atomic mass is 16.5. The Balaban J connectivity index is 1.49. The zero-order valence-corrected chi connectivity index (χ0v) is 20.4. The molecule has 0 unspecified atom stereocenters. The van der Waals surface area contributed by atoms with Crippen molar-refractivity contribution in [3.05, 3.63) is 59.5 Å². The van der Waals surface area contributed by atoms with Gasteiger partial charge >= 0.3 is 0 Å². The van der Waals surface area contributed by atoms with Crippen LogP contribution < -0.4 is 9.47 Å². The molecule has 3 aromatic rings. The normalized spacial score (nSPS) is 22.4. The Hall–Kier alpha value is -3.30. The van der Waals surface area contributed by atoms with Crippen molar-refractivity contribution >= 4 is 0 Å². The molecule has 6 heteroatoms. The average Bonchev–Trinajstić information content (AvgIpc) is 3.56. The molecular formula is C29H32N2O4. The molecule has 0 aliphatic heterocycles. The van der Waals surface area contributed by atoms with Gasteiger partial charge in [-0.2, -0.15) is 4.98 Å². The summed E-state index contributed by atoms with van der Waals surface area (Å²) in [5.74, 6) is 9.66. The van der Waals surface area contributed by atoms with Crippen LogP contribution in [0.1, 0.15) is 68.4 Å². The number of aliphatic hydroxyl groups excluding tert-OH is 1. The highest BCUT2D eigenvalue weighted by Gasteiger charge is 2.36. The van der Waals surface area contributed by atoms with E-state index in [1.807, 2.05) is 30.3 Å². The number of ether oxygens (including phenoxy) is 2. The fraction of sp³-hybridized carbons (Fsp3) is 0.448. The number of hydrogen-bond acceptors (Lipinski definition) is 6. The number of aliphatic hydroxyl groups is 1. The van der Waals surface area contributed by atoms with Gasteiger partial charge in [0.2, 0.25) is 11.7 Å². The molecule has 2 fully saturated rings. The SMILES string of the molecule is COc1ccc(C2(C#Cc3cccc(-c4noc(C)n4)c3)CCC(O)CC2)cc1OC1CCCC1. The van der Waals surface area contributed by atoms with E-state index in [0.717, 1.165) is 66.7 Å². The van der Waals surface area contributed by atoms with Gasteiger partial charge in [-0.05, 0) is 81.2 Å². The summed E-state index contributed by atoms with van der Waals surface area (Å²) in [5.41, 5.74) is 2.53. The first-order valence-electron chi connectivity index (χ1n) is 12.5. The lowest BCUT2D eigenvalue weighted by Gasteiger charge is -2.35. The maximum Gasteiger partial charge on any atom is 0.223 e. The topological polar surface area (TPSA) is 77.6 Å². The molecule has 0 amide bonds. The van der Waals surface area contributed by atoms with Crippen molar-refractivity contribution in [3.8, 4) is 34.7 Å². The molecule has 5 rings (SSSR count). The van der Waals surface area contributed by atoms with Crippen molar-refractivity contribution in [1.82, 2.24) is 10.1 Å². The molecule has 2 aliphatic rings. The van der Waals surface area contributed by atoms with Crippen LogP contribution in [0.15, 0.2) is 47.0 Å². The summed E-state index contributed by atoms with van der Waals surface area (Å²) in [6, 6.07) is 14.1. The lowest BCUT2D eigenvalue weighted by atomic mass is 9.69. The molecule has 0 atom stereocenters. The van der Waals surface area contributed by atoms with Crippen LogP contribution in [-0.2, 0) is 5.41 Å². The summed E-state index contributed by atoms with van der Waals surface area (Å²) in [7, 11) is 1.68. The highest BCUT2D eigenvalue weighted by Crippen LogP contribution is 2.43. The highest BCUT2D eigenvalue weighted by molar-refractivity contribution is 5.58. The number of benzene rings is 2. The zero-order chi connectivity index (χ0) is 24.3. The predicted molar refractivity (Wildman–Crippen MR) is 133 cm³/mol. The second kappa shape index (κ2) is 10.1. The third kappa shape index (κ3) is 5.21. The first-order chi connectivity index (χ1) is 17.0. The summed E-state index contributed by atoms with van der Waals surface area (Å²) in [4.78, 5) is 4.33. The van der Waals surface area contributed by atoms with E-state index in [0.29, 0.717) is 11.7 Å². The molecule has 1 N–H and O–H groups in total. The average molecular weight is 473 g/mol. The fourth-order valence-electron chi connectivity index (χ4n) is 5.18. The van der Waals surface area contributed by atoms with Gasteiger partial charge in [0.25, 0.3) is 0 Å². The standard InChI is InChI=1S/C29H32N2O4/c1-20-30-28(31-35-20)22-7-5-6-21(18-22)12-15-29(16-13-24(32)14-17-29)23-10-11-26(33-2)27(19-23)34-25-8-3-4-9-25/h5-7,10-11,18-19,24-25,32H,3-4,8-9,13-14,16-17H2,1-2H3. The van der Waals surface area contributed by atoms with Gasteiger partial charge in [0, 0.05) is 18.1 Å². The number of nitrogens with zero attached hydrogens (tertiary/aromatic N) is 2. The van der Waals surface area contributed by atoms with Crippen molar-refractivity contribution in [2.45, 2.75) is 75.9 Å². The van der Waals surface area contributed by atoms with Crippen LogP contribution in [0, 0.1) is 18.8 Å². The Bertz CT molecular complexity index is 1220. The largest absolute Gasteiger partial charge is 0.493 e. The van der Waals surface area contributed by atoms with Crippen LogP contribution in [0.2, 0.25) is 0 Å². The van der Waals surface area contributed by atoms with Crippen molar-refractivity contribution in [2.75, 3.05) is 7.11 Å². The summed E-state index contributed by atoms with van der Waals surface area (Å²) < 4.78 is 17.1. The van der Waals surface area contributed by atoms with E-state index < -0.39 is 0 Å². The molecule has 2 aliphatic carbocycles. The van der Waals surface area contributed by atoms with Gasteiger partial charge in [0.1, 0.15) is 0 Å². The Kier molecular flexibility index (Phi) is 6.79. The predicted octanol–water partition coefficient (Wildman–Crippen LogP) is 5.60. The van der Waals surface area contributed by atoms with Gasteiger partial charge in [-0.3, -0.25) is 0 Å². The molecule has 182 valence electrons. The maximum absolute atomic E-state index is 10.2. The Morgan fingerprint density at radius 2 is 1.83 bits per heavy atom. The fourth-order valence-corrected chi connectivity index (χ4v) is 5.18. The van der Waals surface area contributed by atoms with Gasteiger partial charge in [-0.1, -0.05) is 35.2 Å². The second-order valence-electron chi connectivity index (χ2n) is 9.67. The van der Waals surface area contributed by atoms with Crippen molar-refractivity contribution in [2.24, 2.45) is 0 Å². The van der Waals surface area contributed by atoms with Gasteiger partial charge in [-0.15, -0.1) is 0 Å². The number of rotatable bonds is 5. The van der Waals surface area contributed by atoms with E-state index in [9.17, 15) is 5.11 Å². The lowest BCUT2D eigenvalue weighted by Crippen LogP contribution is -2.32.